The van der Waals surface area contributed by atoms with Crippen molar-refractivity contribution in [3.63, 3.8) is 0 Å². The van der Waals surface area contributed by atoms with E-state index in [9.17, 15) is 14.7 Å². The number of aliphatic hydroxyl groups is 1. The van der Waals surface area contributed by atoms with Crippen LogP contribution in [0.5, 0.6) is 0 Å². The van der Waals surface area contributed by atoms with Crippen LogP contribution >= 0.6 is 11.6 Å². The lowest BCUT2D eigenvalue weighted by Crippen LogP contribution is -2.51. The number of piperidine rings is 1. The highest BCUT2D eigenvalue weighted by Crippen LogP contribution is 2.25. The summed E-state index contributed by atoms with van der Waals surface area (Å²) in [4.78, 5) is 25.7. The van der Waals surface area contributed by atoms with Crippen molar-refractivity contribution in [1.29, 1.82) is 0 Å². The van der Waals surface area contributed by atoms with Gasteiger partial charge in [-0.15, -0.1) is 0 Å². The first kappa shape index (κ1) is 15.8. The summed E-state index contributed by atoms with van der Waals surface area (Å²) in [6.07, 6.45) is 0.357. The van der Waals surface area contributed by atoms with Crippen LogP contribution in [0.25, 0.3) is 0 Å². The van der Waals surface area contributed by atoms with E-state index in [2.05, 4.69) is 0 Å². The lowest BCUT2D eigenvalue weighted by atomic mass is 9.91. The van der Waals surface area contributed by atoms with Gasteiger partial charge in [-0.25, -0.2) is 4.79 Å². The molecule has 1 saturated heterocycles. The van der Waals surface area contributed by atoms with Gasteiger partial charge in [0.2, 0.25) is 0 Å². The van der Waals surface area contributed by atoms with Crippen LogP contribution in [0.4, 0.5) is 0 Å². The molecule has 0 unspecified atom stereocenters. The number of nitrogens with zero attached hydrogens (tertiary/aromatic N) is 1. The van der Waals surface area contributed by atoms with Gasteiger partial charge in [0.25, 0.3) is 5.91 Å². The third kappa shape index (κ3) is 3.54. The minimum atomic E-state index is -1.48. The average molecular weight is 312 g/mol. The number of hydrogen-bond donors (Lipinski definition) is 1. The number of carbonyl (C=O) groups excluding carboxylic acids is 2. The molecular formula is C15H18ClNO4. The molecule has 1 aliphatic rings. The van der Waals surface area contributed by atoms with Gasteiger partial charge in [0.15, 0.2) is 5.60 Å². The fourth-order valence-corrected chi connectivity index (χ4v) is 2.54. The molecule has 1 fully saturated rings. The maximum absolute atomic E-state index is 12.3. The molecule has 0 atom stereocenters. The molecule has 0 bridgehead atoms. The van der Waals surface area contributed by atoms with Gasteiger partial charge in [-0.3, -0.25) is 4.79 Å². The molecular weight excluding hydrogens is 294 g/mol. The van der Waals surface area contributed by atoms with Gasteiger partial charge in [-0.2, -0.15) is 0 Å². The Morgan fingerprint density at radius 1 is 1.38 bits per heavy atom. The summed E-state index contributed by atoms with van der Waals surface area (Å²) < 4.78 is 4.87. The number of carbonyl (C=O) groups is 2. The molecule has 1 N–H and O–H groups in total. The molecule has 6 heteroatoms. The first-order valence-electron chi connectivity index (χ1n) is 6.91. The molecule has 0 saturated carbocycles. The summed E-state index contributed by atoms with van der Waals surface area (Å²) in [6, 6.07) is 6.72. The zero-order chi connectivity index (χ0) is 15.5. The number of likely N-dealkylation sites (tertiary alicyclic amines) is 1. The van der Waals surface area contributed by atoms with Crippen LogP contribution in [0.15, 0.2) is 24.3 Å². The van der Waals surface area contributed by atoms with E-state index in [0.717, 1.165) is 0 Å². The van der Waals surface area contributed by atoms with Crippen molar-refractivity contribution in [3.8, 4) is 0 Å². The molecule has 5 nitrogen and oxygen atoms in total. The van der Waals surface area contributed by atoms with E-state index in [1.165, 1.54) is 0 Å². The van der Waals surface area contributed by atoms with E-state index >= 15 is 0 Å². The monoisotopic (exact) mass is 311 g/mol. The summed E-state index contributed by atoms with van der Waals surface area (Å²) in [6.45, 7) is 2.53. The normalized spacial score (nSPS) is 17.4. The Balaban J connectivity index is 2.01. The number of hydrogen-bond acceptors (Lipinski definition) is 4. The van der Waals surface area contributed by atoms with E-state index < -0.39 is 11.6 Å². The van der Waals surface area contributed by atoms with Gasteiger partial charge in [0.1, 0.15) is 0 Å². The second-order valence-corrected chi connectivity index (χ2v) is 5.49. The van der Waals surface area contributed by atoms with Crippen LogP contribution in [0.1, 0.15) is 30.1 Å². The average Bonchev–Trinajstić information content (AvgIpc) is 2.47. The Morgan fingerprint density at radius 2 is 2.05 bits per heavy atom. The third-order valence-electron chi connectivity index (χ3n) is 3.60. The smallest absolute Gasteiger partial charge is 0.338 e. The van der Waals surface area contributed by atoms with Crippen LogP contribution in [0.2, 0.25) is 5.02 Å². The van der Waals surface area contributed by atoms with Crippen molar-refractivity contribution >= 4 is 23.5 Å². The Labute approximate surface area is 128 Å². The van der Waals surface area contributed by atoms with Crippen LogP contribution in [-0.4, -0.2) is 47.2 Å². The van der Waals surface area contributed by atoms with Crippen LogP contribution in [-0.2, 0) is 9.53 Å². The zero-order valence-corrected chi connectivity index (χ0v) is 12.6. The number of amides is 1. The van der Waals surface area contributed by atoms with Gasteiger partial charge in [0.05, 0.1) is 6.61 Å². The molecule has 1 aromatic rings. The molecule has 1 aromatic carbocycles. The molecule has 0 radical (unpaired) electrons. The quantitative estimate of drug-likeness (QED) is 0.865. The molecule has 1 aliphatic heterocycles. The van der Waals surface area contributed by atoms with Crippen LogP contribution in [0.3, 0.4) is 0 Å². The highest BCUT2D eigenvalue weighted by Gasteiger charge is 2.41. The fourth-order valence-electron chi connectivity index (χ4n) is 2.35. The Kier molecular flexibility index (Phi) is 4.85. The van der Waals surface area contributed by atoms with E-state index in [-0.39, 0.29) is 25.4 Å². The Morgan fingerprint density at radius 3 is 2.62 bits per heavy atom. The molecule has 0 aliphatic carbocycles. The molecule has 21 heavy (non-hydrogen) atoms. The molecule has 1 amide bonds. The Bertz CT molecular complexity index is 538. The number of benzene rings is 1. The van der Waals surface area contributed by atoms with Crippen molar-refractivity contribution in [2.24, 2.45) is 0 Å². The van der Waals surface area contributed by atoms with Gasteiger partial charge in [-0.1, -0.05) is 17.7 Å². The number of esters is 1. The minimum Gasteiger partial charge on any atom is -0.464 e. The highest BCUT2D eigenvalue weighted by molar-refractivity contribution is 6.30. The molecule has 1 heterocycles. The van der Waals surface area contributed by atoms with Crippen molar-refractivity contribution < 1.29 is 19.4 Å². The SMILES string of the molecule is CCOC(=O)C1(O)CCN(C(=O)c2cccc(Cl)c2)CC1. The van der Waals surface area contributed by atoms with E-state index in [4.69, 9.17) is 16.3 Å². The third-order valence-corrected chi connectivity index (χ3v) is 3.84. The number of rotatable bonds is 3. The predicted octanol–water partition coefficient (Wildman–Crippen LogP) is 1.87. The lowest BCUT2D eigenvalue weighted by molar-refractivity contribution is -0.169. The summed E-state index contributed by atoms with van der Waals surface area (Å²) in [5, 5.41) is 10.8. The molecule has 0 spiro atoms. The highest BCUT2D eigenvalue weighted by atomic mass is 35.5. The van der Waals surface area contributed by atoms with Gasteiger partial charge in [-0.05, 0) is 25.1 Å². The second kappa shape index (κ2) is 6.45. The first-order chi connectivity index (χ1) is 9.96. The fraction of sp³-hybridized carbons (Fsp3) is 0.467. The van der Waals surface area contributed by atoms with Crippen molar-refractivity contribution in [2.45, 2.75) is 25.4 Å². The van der Waals surface area contributed by atoms with Crippen molar-refractivity contribution in [3.05, 3.63) is 34.9 Å². The topological polar surface area (TPSA) is 66.8 Å². The summed E-state index contributed by atoms with van der Waals surface area (Å²) in [7, 11) is 0. The van der Waals surface area contributed by atoms with E-state index in [1.54, 1.807) is 36.1 Å². The van der Waals surface area contributed by atoms with E-state index in [1.807, 2.05) is 0 Å². The summed E-state index contributed by atoms with van der Waals surface area (Å²) in [5.74, 6) is -0.761. The van der Waals surface area contributed by atoms with Crippen molar-refractivity contribution in [2.75, 3.05) is 19.7 Å². The predicted molar refractivity (Wildman–Crippen MR) is 78.2 cm³/mol. The van der Waals surface area contributed by atoms with Gasteiger partial charge < -0.3 is 14.7 Å². The zero-order valence-electron chi connectivity index (χ0n) is 11.8. The maximum atomic E-state index is 12.3. The standard InChI is InChI=1S/C15H18ClNO4/c1-2-21-14(19)15(20)6-8-17(9-7-15)13(18)11-4-3-5-12(16)10-11/h3-5,10,20H,2,6-9H2,1H3. The van der Waals surface area contributed by atoms with Crippen molar-refractivity contribution in [1.82, 2.24) is 4.90 Å². The van der Waals surface area contributed by atoms with Crippen LogP contribution < -0.4 is 0 Å². The number of halogens is 1. The first-order valence-corrected chi connectivity index (χ1v) is 7.28. The molecule has 114 valence electrons. The second-order valence-electron chi connectivity index (χ2n) is 5.05. The molecule has 0 aromatic heterocycles. The minimum absolute atomic E-state index is 0.150. The Hall–Kier alpha value is -1.59. The largest absolute Gasteiger partial charge is 0.464 e. The van der Waals surface area contributed by atoms with Gasteiger partial charge >= 0.3 is 5.97 Å². The van der Waals surface area contributed by atoms with Crippen LogP contribution in [0, 0.1) is 0 Å². The van der Waals surface area contributed by atoms with Gasteiger partial charge in [0, 0.05) is 36.5 Å². The lowest BCUT2D eigenvalue weighted by Gasteiger charge is -2.36. The summed E-state index contributed by atoms with van der Waals surface area (Å²) in [5.41, 5.74) is -0.981. The maximum Gasteiger partial charge on any atom is 0.338 e. The molecule has 2 rings (SSSR count). The van der Waals surface area contributed by atoms with E-state index in [0.29, 0.717) is 23.7 Å². The summed E-state index contributed by atoms with van der Waals surface area (Å²) >= 11 is 5.88. The number of ether oxygens (including phenoxy) is 1.